The van der Waals surface area contributed by atoms with Gasteiger partial charge in [-0.25, -0.2) is 4.68 Å². The van der Waals surface area contributed by atoms with Crippen molar-refractivity contribution in [3.8, 4) is 22.7 Å². The van der Waals surface area contributed by atoms with Crippen LogP contribution >= 0.6 is 0 Å². The van der Waals surface area contributed by atoms with Crippen molar-refractivity contribution in [1.29, 1.82) is 0 Å². The maximum absolute atomic E-state index is 11.8. The van der Waals surface area contributed by atoms with Crippen molar-refractivity contribution in [1.82, 2.24) is 9.78 Å². The van der Waals surface area contributed by atoms with Gasteiger partial charge in [0.05, 0.1) is 11.4 Å². The first-order chi connectivity index (χ1) is 11.1. The van der Waals surface area contributed by atoms with Crippen LogP contribution in [0.4, 0.5) is 5.69 Å². The van der Waals surface area contributed by atoms with Crippen LogP contribution in [0.3, 0.4) is 0 Å². The first kappa shape index (κ1) is 13.4. The van der Waals surface area contributed by atoms with Crippen molar-refractivity contribution in [3.63, 3.8) is 0 Å². The zero-order chi connectivity index (χ0) is 16.0. The van der Waals surface area contributed by atoms with Gasteiger partial charge >= 0.3 is 0 Å². The molecule has 1 aliphatic rings. The smallest absolute Gasteiger partial charge is 0.269 e. The third kappa shape index (κ3) is 2.03. The van der Waals surface area contributed by atoms with Crippen molar-refractivity contribution < 1.29 is 9.53 Å². The highest BCUT2D eigenvalue weighted by atomic mass is 16.5. The highest BCUT2D eigenvalue weighted by Gasteiger charge is 2.29. The number of rotatable bonds is 2. The number of hydrogen-bond donors (Lipinski definition) is 2. The molecule has 23 heavy (non-hydrogen) atoms. The summed E-state index contributed by atoms with van der Waals surface area (Å²) in [7, 11) is 0. The topological polar surface area (TPSA) is 96.2 Å². The summed E-state index contributed by atoms with van der Waals surface area (Å²) in [4.78, 5) is 11.8. The molecule has 3 aromatic rings. The molecule has 0 unspecified atom stereocenters. The van der Waals surface area contributed by atoms with Gasteiger partial charge in [0, 0.05) is 16.8 Å². The SMILES string of the molecule is NC(=O)c1nn(-c2ccccc2)c2c1COc1ccc(N)cc1-2. The molecule has 1 aromatic heterocycles. The Morgan fingerprint density at radius 1 is 1.17 bits per heavy atom. The van der Waals surface area contributed by atoms with E-state index in [1.807, 2.05) is 42.5 Å². The summed E-state index contributed by atoms with van der Waals surface area (Å²) in [5.74, 6) is 0.131. The third-order valence-electron chi connectivity index (χ3n) is 3.85. The summed E-state index contributed by atoms with van der Waals surface area (Å²) in [6.07, 6.45) is 0. The van der Waals surface area contributed by atoms with Gasteiger partial charge in [-0.3, -0.25) is 4.79 Å². The maximum atomic E-state index is 11.8. The number of benzene rings is 2. The number of hydrogen-bond acceptors (Lipinski definition) is 4. The van der Waals surface area contributed by atoms with Crippen molar-refractivity contribution in [3.05, 3.63) is 59.8 Å². The average molecular weight is 306 g/mol. The lowest BCUT2D eigenvalue weighted by Gasteiger charge is -2.20. The number of aromatic nitrogens is 2. The fraction of sp³-hybridized carbons (Fsp3) is 0.0588. The Kier molecular flexibility index (Phi) is 2.84. The Balaban J connectivity index is 2.05. The van der Waals surface area contributed by atoms with Crippen LogP contribution in [0.5, 0.6) is 5.75 Å². The molecule has 0 bridgehead atoms. The molecule has 2 heterocycles. The van der Waals surface area contributed by atoms with Crippen LogP contribution < -0.4 is 16.2 Å². The Labute approximate surface area is 132 Å². The van der Waals surface area contributed by atoms with Crippen molar-refractivity contribution in [2.75, 3.05) is 5.73 Å². The quantitative estimate of drug-likeness (QED) is 0.709. The Hall–Kier alpha value is -3.28. The highest BCUT2D eigenvalue weighted by molar-refractivity contribution is 5.95. The Bertz CT molecular complexity index is 916. The minimum absolute atomic E-state index is 0.219. The fourth-order valence-electron chi connectivity index (χ4n) is 2.83. The maximum Gasteiger partial charge on any atom is 0.269 e. The van der Waals surface area contributed by atoms with Crippen LogP contribution in [-0.2, 0) is 6.61 Å². The number of amides is 1. The number of nitrogens with two attached hydrogens (primary N) is 2. The predicted octanol–water partition coefficient (Wildman–Crippen LogP) is 2.11. The first-order valence-electron chi connectivity index (χ1n) is 7.15. The molecule has 0 saturated carbocycles. The molecule has 4 N–H and O–H groups in total. The van der Waals surface area contributed by atoms with E-state index in [9.17, 15) is 4.79 Å². The van der Waals surface area contributed by atoms with E-state index < -0.39 is 5.91 Å². The second-order valence-corrected chi connectivity index (χ2v) is 5.33. The molecule has 6 heteroatoms. The van der Waals surface area contributed by atoms with Crippen LogP contribution in [0.2, 0.25) is 0 Å². The number of para-hydroxylation sites is 1. The lowest BCUT2D eigenvalue weighted by molar-refractivity contribution is 0.0992. The second kappa shape index (κ2) is 4.88. The molecule has 6 nitrogen and oxygen atoms in total. The number of nitrogens with zero attached hydrogens (tertiary/aromatic N) is 2. The van der Waals surface area contributed by atoms with E-state index >= 15 is 0 Å². The summed E-state index contributed by atoms with van der Waals surface area (Å²) < 4.78 is 7.45. The van der Waals surface area contributed by atoms with Gasteiger partial charge in [0.1, 0.15) is 12.4 Å². The molecule has 4 rings (SSSR count). The minimum atomic E-state index is -0.577. The Morgan fingerprint density at radius 3 is 2.70 bits per heavy atom. The van der Waals surface area contributed by atoms with Gasteiger partial charge in [0.15, 0.2) is 5.69 Å². The van der Waals surface area contributed by atoms with Crippen LogP contribution in [0.15, 0.2) is 48.5 Å². The van der Waals surface area contributed by atoms with Crippen LogP contribution in [0.1, 0.15) is 16.1 Å². The lowest BCUT2D eigenvalue weighted by atomic mass is 10.0. The summed E-state index contributed by atoms with van der Waals surface area (Å²) in [5.41, 5.74) is 15.3. The van der Waals surface area contributed by atoms with Gasteiger partial charge in [-0.15, -0.1) is 0 Å². The van der Waals surface area contributed by atoms with Gasteiger partial charge in [0.25, 0.3) is 5.91 Å². The van der Waals surface area contributed by atoms with Gasteiger partial charge in [-0.2, -0.15) is 5.10 Å². The summed E-state index contributed by atoms with van der Waals surface area (Å²) in [6.45, 7) is 0.247. The lowest BCUT2D eigenvalue weighted by Crippen LogP contribution is -2.16. The molecule has 0 atom stereocenters. The molecule has 2 aromatic carbocycles. The van der Waals surface area contributed by atoms with Crippen molar-refractivity contribution in [2.24, 2.45) is 5.73 Å². The largest absolute Gasteiger partial charge is 0.488 e. The van der Waals surface area contributed by atoms with Gasteiger partial charge in [-0.05, 0) is 30.3 Å². The molecule has 0 aliphatic carbocycles. The predicted molar refractivity (Wildman–Crippen MR) is 86.3 cm³/mol. The molecule has 0 spiro atoms. The summed E-state index contributed by atoms with van der Waals surface area (Å²) >= 11 is 0. The molecule has 1 aliphatic heterocycles. The minimum Gasteiger partial charge on any atom is -0.488 e. The number of carbonyl (C=O) groups is 1. The van der Waals surface area contributed by atoms with E-state index in [-0.39, 0.29) is 12.3 Å². The number of anilines is 1. The molecular formula is C17H14N4O2. The summed E-state index contributed by atoms with van der Waals surface area (Å²) in [6, 6.07) is 15.0. The van der Waals surface area contributed by atoms with Crippen LogP contribution in [0.25, 0.3) is 16.9 Å². The number of ether oxygens (including phenoxy) is 1. The molecule has 1 amide bonds. The van der Waals surface area contributed by atoms with E-state index in [4.69, 9.17) is 16.2 Å². The van der Waals surface area contributed by atoms with Crippen LogP contribution in [0, 0.1) is 0 Å². The van der Waals surface area contributed by atoms with E-state index in [1.165, 1.54) is 0 Å². The monoisotopic (exact) mass is 306 g/mol. The van der Waals surface area contributed by atoms with Gasteiger partial charge in [-0.1, -0.05) is 18.2 Å². The third-order valence-corrected chi connectivity index (χ3v) is 3.85. The standard InChI is InChI=1S/C17H14N4O2/c18-10-6-7-14-12(8-10)16-13(9-23-14)15(17(19)22)20-21(16)11-4-2-1-3-5-11/h1-8H,9,18H2,(H2,19,22). The van der Waals surface area contributed by atoms with Crippen molar-refractivity contribution >= 4 is 11.6 Å². The van der Waals surface area contributed by atoms with E-state index in [1.54, 1.807) is 10.7 Å². The highest BCUT2D eigenvalue weighted by Crippen LogP contribution is 2.40. The molecule has 0 fully saturated rings. The number of fused-ring (bicyclic) bond motifs is 3. The number of carbonyl (C=O) groups excluding carboxylic acids is 1. The second-order valence-electron chi connectivity index (χ2n) is 5.33. The molecule has 0 radical (unpaired) electrons. The first-order valence-corrected chi connectivity index (χ1v) is 7.15. The summed E-state index contributed by atoms with van der Waals surface area (Å²) in [5, 5.41) is 4.41. The fourth-order valence-corrected chi connectivity index (χ4v) is 2.83. The van der Waals surface area contributed by atoms with E-state index in [2.05, 4.69) is 5.10 Å². The Morgan fingerprint density at radius 2 is 1.96 bits per heavy atom. The van der Waals surface area contributed by atoms with Crippen LogP contribution in [-0.4, -0.2) is 15.7 Å². The average Bonchev–Trinajstić information content (AvgIpc) is 2.96. The van der Waals surface area contributed by atoms with Gasteiger partial charge < -0.3 is 16.2 Å². The van der Waals surface area contributed by atoms with E-state index in [0.29, 0.717) is 17.0 Å². The zero-order valence-electron chi connectivity index (χ0n) is 12.2. The number of nitrogen functional groups attached to an aromatic ring is 1. The normalized spacial score (nSPS) is 12.2. The van der Waals surface area contributed by atoms with Gasteiger partial charge in [0.2, 0.25) is 0 Å². The zero-order valence-corrected chi connectivity index (χ0v) is 12.2. The molecular weight excluding hydrogens is 292 g/mol. The molecule has 114 valence electrons. The molecule has 0 saturated heterocycles. The number of primary amides is 1. The van der Waals surface area contributed by atoms with E-state index in [0.717, 1.165) is 16.9 Å². The van der Waals surface area contributed by atoms with Crippen molar-refractivity contribution in [2.45, 2.75) is 6.61 Å².